The maximum atomic E-state index is 12.3. The lowest BCUT2D eigenvalue weighted by molar-refractivity contribution is -0.142. The molecular weight excluding hydrogens is 358 g/mol. The van der Waals surface area contributed by atoms with Crippen LogP contribution >= 0.6 is 0 Å². The molecule has 1 atom stereocenters. The fourth-order valence-corrected chi connectivity index (χ4v) is 2.96. The number of benzene rings is 2. The third kappa shape index (κ3) is 5.80. The molecule has 1 saturated heterocycles. The molecule has 7 nitrogen and oxygen atoms in total. The van der Waals surface area contributed by atoms with Crippen LogP contribution in [0, 0.1) is 6.92 Å². The van der Waals surface area contributed by atoms with E-state index in [4.69, 9.17) is 9.47 Å². The van der Waals surface area contributed by atoms with Gasteiger partial charge < -0.3 is 9.47 Å². The molecule has 0 spiro atoms. The van der Waals surface area contributed by atoms with Crippen molar-refractivity contribution in [3.63, 3.8) is 0 Å². The Morgan fingerprint density at radius 2 is 1.86 bits per heavy atom. The van der Waals surface area contributed by atoms with Crippen molar-refractivity contribution < 1.29 is 19.1 Å². The van der Waals surface area contributed by atoms with Crippen LogP contribution in [-0.4, -0.2) is 49.1 Å². The number of carbonyl (C=O) groups is 2. The number of carbonyl (C=O) groups excluding carboxylic acids is 2. The zero-order valence-corrected chi connectivity index (χ0v) is 15.9. The zero-order valence-electron chi connectivity index (χ0n) is 15.9. The third-order valence-electron chi connectivity index (χ3n) is 4.47. The van der Waals surface area contributed by atoms with Crippen molar-refractivity contribution in [2.45, 2.75) is 19.6 Å². The monoisotopic (exact) mass is 383 g/mol. The van der Waals surface area contributed by atoms with Gasteiger partial charge >= 0.3 is 0 Å². The van der Waals surface area contributed by atoms with Gasteiger partial charge in [-0.25, -0.2) is 0 Å². The first-order valence-electron chi connectivity index (χ1n) is 9.27. The molecule has 28 heavy (non-hydrogen) atoms. The van der Waals surface area contributed by atoms with Gasteiger partial charge in [-0.05, 0) is 24.1 Å². The summed E-state index contributed by atoms with van der Waals surface area (Å²) in [5.41, 5.74) is 6.91. The molecule has 2 aromatic rings. The Labute approximate surface area is 164 Å². The number of rotatable bonds is 6. The van der Waals surface area contributed by atoms with Crippen molar-refractivity contribution in [2.24, 2.45) is 0 Å². The fraction of sp³-hybridized carbons (Fsp3) is 0.333. The number of hydrazine groups is 1. The highest BCUT2D eigenvalue weighted by Crippen LogP contribution is 2.15. The van der Waals surface area contributed by atoms with Crippen LogP contribution in [0.5, 0.6) is 5.75 Å². The minimum atomic E-state index is -0.630. The minimum Gasteiger partial charge on any atom is -0.483 e. The lowest BCUT2D eigenvalue weighted by Gasteiger charge is -2.32. The van der Waals surface area contributed by atoms with E-state index in [1.807, 2.05) is 43.3 Å². The van der Waals surface area contributed by atoms with E-state index in [1.54, 1.807) is 6.07 Å². The van der Waals surface area contributed by atoms with Gasteiger partial charge in [-0.1, -0.05) is 48.5 Å². The Kier molecular flexibility index (Phi) is 7.00. The summed E-state index contributed by atoms with van der Waals surface area (Å²) in [5, 5.41) is 0. The summed E-state index contributed by atoms with van der Waals surface area (Å²) >= 11 is 0. The van der Waals surface area contributed by atoms with Crippen molar-refractivity contribution >= 4 is 11.8 Å². The van der Waals surface area contributed by atoms with Gasteiger partial charge in [0.05, 0.1) is 6.61 Å². The number of hydrogen-bond donors (Lipinski definition) is 2. The molecule has 2 aromatic carbocycles. The van der Waals surface area contributed by atoms with Crippen LogP contribution in [0.3, 0.4) is 0 Å². The minimum absolute atomic E-state index is 0.184. The molecule has 2 N–H and O–H groups in total. The molecule has 1 unspecified atom stereocenters. The van der Waals surface area contributed by atoms with Gasteiger partial charge in [0.2, 0.25) is 0 Å². The summed E-state index contributed by atoms with van der Waals surface area (Å²) in [5.74, 6) is -0.174. The number of para-hydroxylation sites is 1. The van der Waals surface area contributed by atoms with Gasteiger partial charge in [-0.15, -0.1) is 0 Å². The van der Waals surface area contributed by atoms with Crippen LogP contribution in [0.15, 0.2) is 54.6 Å². The second-order valence-electron chi connectivity index (χ2n) is 6.67. The van der Waals surface area contributed by atoms with E-state index in [0.29, 0.717) is 18.9 Å². The van der Waals surface area contributed by atoms with Gasteiger partial charge in [0, 0.05) is 19.6 Å². The maximum Gasteiger partial charge on any atom is 0.276 e. The van der Waals surface area contributed by atoms with E-state index in [0.717, 1.165) is 18.7 Å². The van der Waals surface area contributed by atoms with Gasteiger partial charge in [-0.2, -0.15) is 0 Å². The lowest BCUT2D eigenvalue weighted by atomic mass is 10.2. The van der Waals surface area contributed by atoms with Crippen LogP contribution in [0.2, 0.25) is 0 Å². The molecule has 3 rings (SSSR count). The average molecular weight is 383 g/mol. The van der Waals surface area contributed by atoms with Gasteiger partial charge in [0.25, 0.3) is 11.8 Å². The van der Waals surface area contributed by atoms with Crippen molar-refractivity contribution in [3.05, 3.63) is 65.7 Å². The second-order valence-corrected chi connectivity index (χ2v) is 6.67. The average Bonchev–Trinajstić information content (AvgIpc) is 2.72. The molecule has 148 valence electrons. The van der Waals surface area contributed by atoms with Gasteiger partial charge in [0.1, 0.15) is 5.75 Å². The van der Waals surface area contributed by atoms with E-state index in [9.17, 15) is 9.59 Å². The maximum absolute atomic E-state index is 12.3. The molecule has 2 amide bonds. The van der Waals surface area contributed by atoms with Crippen LogP contribution in [-0.2, 0) is 20.9 Å². The largest absolute Gasteiger partial charge is 0.483 e. The first-order chi connectivity index (χ1) is 13.6. The topological polar surface area (TPSA) is 79.9 Å². The van der Waals surface area contributed by atoms with Crippen molar-refractivity contribution in [2.75, 3.05) is 26.3 Å². The summed E-state index contributed by atoms with van der Waals surface area (Å²) in [4.78, 5) is 26.4. The number of hydrogen-bond acceptors (Lipinski definition) is 5. The molecule has 0 aliphatic carbocycles. The highest BCUT2D eigenvalue weighted by Gasteiger charge is 2.27. The van der Waals surface area contributed by atoms with E-state index in [1.165, 1.54) is 5.56 Å². The van der Waals surface area contributed by atoms with Crippen molar-refractivity contribution in [1.82, 2.24) is 15.8 Å². The van der Waals surface area contributed by atoms with Gasteiger partial charge in [-0.3, -0.25) is 25.3 Å². The molecule has 0 aromatic heterocycles. The quantitative estimate of drug-likeness (QED) is 0.738. The number of ether oxygens (including phenoxy) is 2. The molecule has 0 radical (unpaired) electrons. The smallest absolute Gasteiger partial charge is 0.276 e. The molecule has 1 heterocycles. The number of aryl methyl sites for hydroxylation is 1. The summed E-state index contributed by atoms with van der Waals surface area (Å²) in [7, 11) is 0. The molecule has 7 heteroatoms. The number of morpholine rings is 1. The standard InChI is InChI=1S/C21H25N3O4/c1-16-7-5-6-10-18(16)28-15-20(25)22-23-21(26)19-14-24(11-12-27-19)13-17-8-3-2-4-9-17/h2-10,19H,11-15H2,1H3,(H,22,25)(H,23,26). The van der Waals surface area contributed by atoms with E-state index >= 15 is 0 Å². The normalized spacial score (nSPS) is 17.0. The molecule has 0 saturated carbocycles. The predicted molar refractivity (Wildman–Crippen MR) is 104 cm³/mol. The number of nitrogens with one attached hydrogen (secondary N) is 2. The van der Waals surface area contributed by atoms with E-state index in [-0.39, 0.29) is 12.5 Å². The fourth-order valence-electron chi connectivity index (χ4n) is 2.96. The van der Waals surface area contributed by atoms with Crippen LogP contribution < -0.4 is 15.6 Å². The predicted octanol–water partition coefficient (Wildman–Crippen LogP) is 1.42. The molecule has 1 aliphatic heterocycles. The third-order valence-corrected chi connectivity index (χ3v) is 4.47. The molecule has 1 aliphatic rings. The number of nitrogens with zero attached hydrogens (tertiary/aromatic N) is 1. The zero-order chi connectivity index (χ0) is 19.8. The summed E-state index contributed by atoms with van der Waals surface area (Å²) < 4.78 is 11.0. The number of amides is 2. The summed E-state index contributed by atoms with van der Waals surface area (Å²) in [6.45, 7) is 4.17. The molecule has 0 bridgehead atoms. The summed E-state index contributed by atoms with van der Waals surface area (Å²) in [6.07, 6.45) is -0.630. The van der Waals surface area contributed by atoms with Crippen LogP contribution in [0.4, 0.5) is 0 Å². The van der Waals surface area contributed by atoms with E-state index < -0.39 is 12.0 Å². The Hall–Kier alpha value is -2.90. The van der Waals surface area contributed by atoms with E-state index in [2.05, 4.69) is 27.9 Å². The highest BCUT2D eigenvalue weighted by molar-refractivity contribution is 5.85. The Balaban J connectivity index is 1.41. The Morgan fingerprint density at radius 3 is 2.64 bits per heavy atom. The van der Waals surface area contributed by atoms with Crippen LogP contribution in [0.1, 0.15) is 11.1 Å². The van der Waals surface area contributed by atoms with Crippen molar-refractivity contribution in [3.8, 4) is 5.75 Å². The second kappa shape index (κ2) is 9.87. The Morgan fingerprint density at radius 1 is 1.11 bits per heavy atom. The molecule has 1 fully saturated rings. The van der Waals surface area contributed by atoms with Crippen LogP contribution in [0.25, 0.3) is 0 Å². The first-order valence-corrected chi connectivity index (χ1v) is 9.27. The van der Waals surface area contributed by atoms with Gasteiger partial charge in [0.15, 0.2) is 12.7 Å². The van der Waals surface area contributed by atoms with Crippen molar-refractivity contribution in [1.29, 1.82) is 0 Å². The highest BCUT2D eigenvalue weighted by atomic mass is 16.5. The SMILES string of the molecule is Cc1ccccc1OCC(=O)NNC(=O)C1CN(Cc2ccccc2)CCO1. The Bertz CT molecular complexity index is 797. The lowest BCUT2D eigenvalue weighted by Crippen LogP contribution is -2.54. The first kappa shape index (κ1) is 19.9. The molecular formula is C21H25N3O4. The summed E-state index contributed by atoms with van der Waals surface area (Å²) in [6, 6.07) is 17.5.